The number of carbonyl (C=O) groups is 5. The number of rotatable bonds is 19. The fraction of sp³-hybridized carbons (Fsp3) is 0.642. The van der Waals surface area contributed by atoms with Gasteiger partial charge in [-0.1, -0.05) is 6.07 Å². The van der Waals surface area contributed by atoms with Crippen molar-refractivity contribution in [3.05, 3.63) is 52.8 Å². The second-order valence-electron chi connectivity index (χ2n) is 21.9. The second kappa shape index (κ2) is 24.8. The highest BCUT2D eigenvalue weighted by molar-refractivity contribution is 5.93. The molecule has 5 aliphatic heterocycles. The topological polar surface area (TPSA) is 253 Å². The number of esters is 1. The van der Waals surface area contributed by atoms with Gasteiger partial charge < -0.3 is 59.6 Å². The Balaban J connectivity index is 0.848. The molecule has 0 spiro atoms. The molecule has 0 saturated carbocycles. The Morgan fingerprint density at radius 1 is 0.753 bits per heavy atom. The summed E-state index contributed by atoms with van der Waals surface area (Å²) in [4.78, 5) is 98.4. The van der Waals surface area contributed by atoms with Crippen LogP contribution in [0.4, 0.5) is 28.3 Å². The first-order valence-electron chi connectivity index (χ1n) is 26.8. The predicted octanol–water partition coefficient (Wildman–Crippen LogP) is 2.28. The number of methoxy groups -OCH3 is 2. The van der Waals surface area contributed by atoms with E-state index in [-0.39, 0.29) is 61.2 Å². The van der Waals surface area contributed by atoms with Crippen molar-refractivity contribution in [1.29, 1.82) is 0 Å². The molecule has 7 heterocycles. The van der Waals surface area contributed by atoms with E-state index in [1.165, 1.54) is 26.0 Å². The number of carbonyl (C=O) groups excluding carboxylic acids is 5. The van der Waals surface area contributed by atoms with Gasteiger partial charge in [0.2, 0.25) is 23.7 Å². The molecule has 1 unspecified atom stereocenters. The number of aromatic nitrogens is 4. The van der Waals surface area contributed by atoms with Crippen LogP contribution in [0.1, 0.15) is 93.4 Å². The summed E-state index contributed by atoms with van der Waals surface area (Å²) >= 11 is 0. The second-order valence-corrected chi connectivity index (χ2v) is 21.9. The summed E-state index contributed by atoms with van der Waals surface area (Å²) < 4.78 is 21.5. The van der Waals surface area contributed by atoms with Gasteiger partial charge in [0.05, 0.1) is 31.3 Å². The summed E-state index contributed by atoms with van der Waals surface area (Å²) in [6.07, 6.45) is -0.382. The molecule has 420 valence electrons. The largest absolute Gasteiger partial charge is 0.468 e. The number of likely N-dealkylation sites (tertiary alicyclic amines) is 2. The number of nitrogens with one attached hydrogen (secondary N) is 3. The van der Waals surface area contributed by atoms with E-state index < -0.39 is 35.7 Å². The molecule has 24 heteroatoms. The zero-order valence-electron chi connectivity index (χ0n) is 46.1. The van der Waals surface area contributed by atoms with Crippen molar-refractivity contribution < 1.29 is 48.0 Å². The van der Waals surface area contributed by atoms with Crippen LogP contribution in [-0.4, -0.2) is 227 Å². The lowest BCUT2D eigenvalue weighted by Crippen LogP contribution is -2.57. The van der Waals surface area contributed by atoms with Gasteiger partial charge in [0.25, 0.3) is 5.91 Å². The van der Waals surface area contributed by atoms with Gasteiger partial charge in [-0.15, -0.1) is 0 Å². The van der Waals surface area contributed by atoms with Crippen LogP contribution in [0.25, 0.3) is 0 Å². The van der Waals surface area contributed by atoms with E-state index in [4.69, 9.17) is 33.9 Å². The molecular weight excluding hydrogens is 993 g/mol. The lowest BCUT2D eigenvalue weighted by Gasteiger charge is -2.41. The number of ether oxygens (including phenoxy) is 4. The molecule has 4 fully saturated rings. The summed E-state index contributed by atoms with van der Waals surface area (Å²) in [5.41, 5.74) is 1.27. The highest BCUT2D eigenvalue weighted by Crippen LogP contribution is 2.31. The third-order valence-electron chi connectivity index (χ3n) is 14.9. The molecular formula is C53H78N14O10. The first-order valence-corrected chi connectivity index (χ1v) is 26.8. The highest BCUT2D eigenvalue weighted by atomic mass is 16.7. The number of hydrogen-bond acceptors (Lipinski definition) is 20. The van der Waals surface area contributed by atoms with Gasteiger partial charge in [-0.05, 0) is 77.6 Å². The fourth-order valence-corrected chi connectivity index (χ4v) is 10.2. The Labute approximate surface area is 451 Å². The summed E-state index contributed by atoms with van der Waals surface area (Å²) in [6.45, 7) is 21.2. The standard InChI is InChI=1S/C53H78N14O10/c1-33(2)61-14-18-63(19-15-61)51-58-42(49(72)75-9)25-46(60-51)56-39-30-66(31-39)47(70)13-10-34(3)62-16-20-64(21-17-62)50-57-41(24-45(59-50)55-38-28-65(29-38)35(4)68)48(71)54-26-44(69)43-23-36-11-12-40(76-32-74-8)22-37(36)27-67(43)52(73)77-53(5,6)7/h11-12,22,24-25,33-34,38-39,43-44,69H,10,13-21,23,26-32H2,1-9H3,(H,54,71)(H,55,57,59)(H,56,58,60)/t34?,43-,44+/m0/s1. The van der Waals surface area contributed by atoms with Gasteiger partial charge in [-0.25, -0.2) is 19.6 Å². The average Bonchev–Trinajstić information content (AvgIpc) is 3.39. The number of nitrogens with zero attached hydrogens (tertiary/aromatic N) is 11. The minimum atomic E-state index is -1.17. The van der Waals surface area contributed by atoms with Gasteiger partial charge >= 0.3 is 12.1 Å². The third kappa shape index (κ3) is 14.5. The number of fused-ring (bicyclic) bond motifs is 1. The predicted molar refractivity (Wildman–Crippen MR) is 287 cm³/mol. The van der Waals surface area contributed by atoms with E-state index in [0.717, 1.165) is 37.3 Å². The normalized spacial score (nSPS) is 19.4. The van der Waals surface area contributed by atoms with E-state index in [1.807, 2.05) is 28.0 Å². The van der Waals surface area contributed by atoms with Crippen molar-refractivity contribution in [2.45, 2.75) is 116 Å². The molecule has 0 aliphatic carbocycles. The Morgan fingerprint density at radius 3 is 1.91 bits per heavy atom. The number of hydrogen-bond donors (Lipinski definition) is 4. The van der Waals surface area contributed by atoms with Crippen LogP contribution >= 0.6 is 0 Å². The number of anilines is 4. The molecule has 4 saturated heterocycles. The maximum atomic E-state index is 14.0. The van der Waals surface area contributed by atoms with Crippen LogP contribution in [0.3, 0.4) is 0 Å². The molecule has 4 amide bonds. The van der Waals surface area contributed by atoms with Gasteiger partial charge in [-0.3, -0.25) is 29.1 Å². The Kier molecular flexibility index (Phi) is 18.2. The molecule has 8 rings (SSSR count). The van der Waals surface area contributed by atoms with Crippen molar-refractivity contribution in [2.24, 2.45) is 0 Å². The summed E-state index contributed by atoms with van der Waals surface area (Å²) in [7, 11) is 2.87. The molecule has 2 aromatic heterocycles. The molecule has 24 nitrogen and oxygen atoms in total. The quantitative estimate of drug-likeness (QED) is 0.0993. The first kappa shape index (κ1) is 56.6. The van der Waals surface area contributed by atoms with Gasteiger partial charge in [0, 0.05) is 136 Å². The van der Waals surface area contributed by atoms with E-state index >= 15 is 0 Å². The molecule has 3 aromatic rings. The lowest BCUT2D eigenvalue weighted by atomic mass is 9.91. The van der Waals surface area contributed by atoms with Crippen LogP contribution in [0.15, 0.2) is 30.3 Å². The van der Waals surface area contributed by atoms with E-state index in [9.17, 15) is 29.1 Å². The Hall–Kier alpha value is -6.63. The summed E-state index contributed by atoms with van der Waals surface area (Å²) in [6, 6.07) is 8.50. The Morgan fingerprint density at radius 2 is 1.34 bits per heavy atom. The monoisotopic (exact) mass is 1070 g/mol. The Bertz CT molecular complexity index is 2570. The molecule has 0 radical (unpaired) electrons. The van der Waals surface area contributed by atoms with E-state index in [0.29, 0.717) is 107 Å². The van der Waals surface area contributed by atoms with Crippen LogP contribution in [0, 0.1) is 0 Å². The number of piperazine rings is 2. The van der Waals surface area contributed by atoms with Crippen molar-refractivity contribution in [3.63, 3.8) is 0 Å². The maximum Gasteiger partial charge on any atom is 0.410 e. The average molecular weight is 1070 g/mol. The van der Waals surface area contributed by atoms with Crippen molar-refractivity contribution >= 4 is 53.3 Å². The van der Waals surface area contributed by atoms with Crippen molar-refractivity contribution in [3.8, 4) is 5.75 Å². The molecule has 3 atom stereocenters. The van der Waals surface area contributed by atoms with Gasteiger partial charge in [-0.2, -0.15) is 9.97 Å². The molecule has 0 bridgehead atoms. The van der Waals surface area contributed by atoms with Crippen LogP contribution in [0.2, 0.25) is 0 Å². The van der Waals surface area contributed by atoms with E-state index in [1.54, 1.807) is 37.8 Å². The SMILES string of the molecule is COCOc1ccc2c(c1)CN(C(=O)OC(C)(C)C)[C@H]([C@H](O)CNC(=O)c1cc(NC3CN(C(C)=O)C3)nc(N3CCN(C(C)CCC(=O)N4CC(Nc5cc(C(=O)OC)nc(N6CCN(C(C)C)CC6)n5)C4)CC3)n1)C2. The minimum absolute atomic E-state index is 0.0201. The number of aliphatic hydroxyl groups is 1. The molecule has 77 heavy (non-hydrogen) atoms. The summed E-state index contributed by atoms with van der Waals surface area (Å²) in [5.74, 6) is 1.39. The summed E-state index contributed by atoms with van der Waals surface area (Å²) in [5, 5.41) is 21.4. The van der Waals surface area contributed by atoms with Crippen molar-refractivity contribution in [1.82, 2.24) is 49.8 Å². The third-order valence-corrected chi connectivity index (χ3v) is 14.9. The minimum Gasteiger partial charge on any atom is -0.468 e. The first-order chi connectivity index (χ1) is 36.7. The number of benzene rings is 1. The van der Waals surface area contributed by atoms with Crippen molar-refractivity contribution in [2.75, 3.05) is 127 Å². The zero-order chi connectivity index (χ0) is 55.1. The number of aliphatic hydroxyl groups excluding tert-OH is 1. The highest BCUT2D eigenvalue weighted by Gasteiger charge is 2.38. The van der Waals surface area contributed by atoms with Crippen LogP contribution in [-0.2, 0) is 36.8 Å². The molecule has 1 aromatic carbocycles. The van der Waals surface area contributed by atoms with E-state index in [2.05, 4.69) is 56.4 Å². The molecule has 5 aliphatic rings. The lowest BCUT2D eigenvalue weighted by molar-refractivity contribution is -0.135. The zero-order valence-corrected chi connectivity index (χ0v) is 46.1. The fourth-order valence-electron chi connectivity index (χ4n) is 10.2. The van der Waals surface area contributed by atoms with Crippen LogP contribution in [0.5, 0.6) is 5.75 Å². The van der Waals surface area contributed by atoms with Gasteiger partial charge in [0.1, 0.15) is 28.7 Å². The number of amides is 4. The smallest absolute Gasteiger partial charge is 0.410 e. The molecule has 4 N–H and O–H groups in total. The van der Waals surface area contributed by atoms with Gasteiger partial charge in [0.15, 0.2) is 12.5 Å². The maximum absolute atomic E-state index is 14.0. The van der Waals surface area contributed by atoms with Crippen LogP contribution < -0.4 is 30.5 Å².